The summed E-state index contributed by atoms with van der Waals surface area (Å²) in [5, 5.41) is 0. The second-order valence-electron chi connectivity index (χ2n) is 12.4. The van der Waals surface area contributed by atoms with Crippen LogP contribution in [0.5, 0.6) is 11.5 Å². The summed E-state index contributed by atoms with van der Waals surface area (Å²) in [5.41, 5.74) is 0.766. The van der Waals surface area contributed by atoms with Gasteiger partial charge in [-0.1, -0.05) is 0 Å². The number of hydrogen-bond acceptors (Lipinski definition) is 6. The van der Waals surface area contributed by atoms with E-state index in [1.54, 1.807) is 0 Å². The zero-order valence-electron chi connectivity index (χ0n) is 27.1. The third-order valence-corrected chi connectivity index (χ3v) is 9.06. The average molecular weight is 698 g/mol. The maximum Gasteiger partial charge on any atom is 0.200 e. The Labute approximate surface area is 275 Å². The highest BCUT2D eigenvalue weighted by molar-refractivity contribution is 7.97. The SMILES string of the molecule is CN(C)c1ccc([S+](c2ccc(OC(C)(C)C)cc2)c2ccc(OC(C)(C)C)cc2)cc1.O=S(=O)([O-])c1c(F)c(F)c(F)c(F)c1F. The fourth-order valence-electron chi connectivity index (χ4n) is 4.09. The predicted octanol–water partition coefficient (Wildman–Crippen LogP) is 8.49. The van der Waals surface area contributed by atoms with Crippen LogP contribution in [0.3, 0.4) is 0 Å². The topological polar surface area (TPSA) is 78.9 Å². The van der Waals surface area contributed by atoms with Crippen LogP contribution in [0.2, 0.25) is 0 Å². The lowest BCUT2D eigenvalue weighted by molar-refractivity contribution is 0.130. The van der Waals surface area contributed by atoms with Crippen LogP contribution in [0.4, 0.5) is 27.6 Å². The number of benzene rings is 4. The minimum absolute atomic E-state index is 0.214. The minimum atomic E-state index is -5.77. The monoisotopic (exact) mass is 697 g/mol. The van der Waals surface area contributed by atoms with Crippen LogP contribution in [0.1, 0.15) is 41.5 Å². The van der Waals surface area contributed by atoms with Gasteiger partial charge >= 0.3 is 0 Å². The van der Waals surface area contributed by atoms with E-state index in [1.165, 1.54) is 20.4 Å². The molecule has 13 heteroatoms. The summed E-state index contributed by atoms with van der Waals surface area (Å²) < 4.78 is 105. The molecule has 0 heterocycles. The van der Waals surface area contributed by atoms with Crippen molar-refractivity contribution >= 4 is 26.7 Å². The van der Waals surface area contributed by atoms with E-state index in [0.29, 0.717) is 0 Å². The van der Waals surface area contributed by atoms with E-state index in [2.05, 4.69) is 133 Å². The van der Waals surface area contributed by atoms with Crippen molar-refractivity contribution in [1.82, 2.24) is 0 Å². The molecule has 254 valence electrons. The summed E-state index contributed by atoms with van der Waals surface area (Å²) in [4.78, 5) is 3.55. The Kier molecular flexibility index (Phi) is 11.6. The van der Waals surface area contributed by atoms with E-state index in [4.69, 9.17) is 9.47 Å². The van der Waals surface area contributed by atoms with Gasteiger partial charge in [0.15, 0.2) is 38.0 Å². The third-order valence-electron chi connectivity index (χ3n) is 5.98. The molecule has 0 radical (unpaired) electrons. The highest BCUT2D eigenvalue weighted by atomic mass is 32.2. The fraction of sp³-hybridized carbons (Fsp3) is 0.294. The molecule has 0 saturated heterocycles. The van der Waals surface area contributed by atoms with Crippen LogP contribution in [0.25, 0.3) is 0 Å². The smallest absolute Gasteiger partial charge is 0.200 e. The first-order valence-electron chi connectivity index (χ1n) is 14.2. The first-order valence-corrected chi connectivity index (χ1v) is 16.8. The van der Waals surface area contributed by atoms with Crippen molar-refractivity contribution < 1.29 is 44.4 Å². The van der Waals surface area contributed by atoms with Crippen LogP contribution in [0, 0.1) is 29.1 Å². The van der Waals surface area contributed by atoms with Crippen LogP contribution >= 0.6 is 0 Å². The quantitative estimate of drug-likeness (QED) is 0.0634. The standard InChI is InChI=1S/C28H36NO2S.C6HF5O3S/c1-27(2,3)30-22-11-17-25(18-12-22)32(24-15-9-21(10-16-24)29(7)8)26-19-13-23(14-20-26)31-28(4,5)6;7-1-2(8)4(10)6(15(12,13)14)5(11)3(1)9/h9-20H,1-8H3;(H,12,13,14)/q+1;/p-1. The summed E-state index contributed by atoms with van der Waals surface area (Å²) in [5.74, 6) is -11.0. The van der Waals surface area contributed by atoms with Crippen LogP contribution in [0.15, 0.2) is 92.4 Å². The van der Waals surface area contributed by atoms with Gasteiger partial charge in [0, 0.05) is 19.8 Å². The summed E-state index contributed by atoms with van der Waals surface area (Å²) in [6.07, 6.45) is 0. The average Bonchev–Trinajstić information content (AvgIpc) is 2.95. The molecule has 0 aliphatic carbocycles. The predicted molar refractivity (Wildman–Crippen MR) is 171 cm³/mol. The first-order chi connectivity index (χ1) is 21.6. The molecule has 0 aliphatic rings. The number of ether oxygens (including phenoxy) is 2. The molecule has 6 nitrogen and oxygen atoms in total. The second-order valence-corrected chi connectivity index (χ2v) is 15.8. The van der Waals surface area contributed by atoms with Crippen molar-refractivity contribution in [2.24, 2.45) is 0 Å². The number of nitrogens with zero attached hydrogens (tertiary/aromatic N) is 1. The van der Waals surface area contributed by atoms with Gasteiger partial charge in [0.2, 0.25) is 5.82 Å². The zero-order valence-corrected chi connectivity index (χ0v) is 28.8. The Morgan fingerprint density at radius 3 is 1.15 bits per heavy atom. The summed E-state index contributed by atoms with van der Waals surface area (Å²) in [6, 6.07) is 25.9. The fourth-order valence-corrected chi connectivity index (χ4v) is 6.75. The number of hydrogen-bond donors (Lipinski definition) is 0. The van der Waals surface area contributed by atoms with Crippen molar-refractivity contribution in [1.29, 1.82) is 0 Å². The largest absolute Gasteiger partial charge is 0.744 e. The van der Waals surface area contributed by atoms with Crippen LogP contribution in [-0.4, -0.2) is 38.3 Å². The number of rotatable bonds is 7. The van der Waals surface area contributed by atoms with Crippen molar-refractivity contribution in [3.05, 3.63) is 102 Å². The van der Waals surface area contributed by atoms with E-state index >= 15 is 0 Å². The molecule has 4 aromatic rings. The van der Waals surface area contributed by atoms with Gasteiger partial charge in [-0.25, -0.2) is 30.4 Å². The van der Waals surface area contributed by atoms with Crippen molar-refractivity contribution in [3.8, 4) is 11.5 Å². The van der Waals surface area contributed by atoms with Gasteiger partial charge in [-0.15, -0.1) is 0 Å². The third kappa shape index (κ3) is 10.1. The Balaban J connectivity index is 0.000000335. The number of anilines is 1. The van der Waals surface area contributed by atoms with E-state index in [0.717, 1.165) is 11.5 Å². The molecule has 0 N–H and O–H groups in total. The van der Waals surface area contributed by atoms with Crippen molar-refractivity contribution in [2.75, 3.05) is 19.0 Å². The lowest BCUT2D eigenvalue weighted by atomic mass is 10.2. The molecule has 0 fully saturated rings. The Morgan fingerprint density at radius 1 is 0.574 bits per heavy atom. The summed E-state index contributed by atoms with van der Waals surface area (Å²) >= 11 is 0. The molecular formula is C34H36F5NO5S2. The van der Waals surface area contributed by atoms with Gasteiger partial charge in [0.25, 0.3) is 0 Å². The highest BCUT2D eigenvalue weighted by Gasteiger charge is 2.30. The van der Waals surface area contributed by atoms with E-state index < -0.39 is 44.1 Å². The molecule has 4 rings (SSSR count). The molecular weight excluding hydrogens is 662 g/mol. The second kappa shape index (κ2) is 14.5. The molecule has 0 saturated carbocycles. The van der Waals surface area contributed by atoms with E-state index in [-0.39, 0.29) is 22.1 Å². The summed E-state index contributed by atoms with van der Waals surface area (Å²) in [7, 11) is -1.87. The minimum Gasteiger partial charge on any atom is -0.744 e. The lowest BCUT2D eigenvalue weighted by Gasteiger charge is -2.21. The van der Waals surface area contributed by atoms with E-state index in [1.807, 2.05) is 0 Å². The Hall–Kier alpha value is -3.81. The normalized spacial score (nSPS) is 12.0. The maximum absolute atomic E-state index is 12.6. The Bertz CT molecular complexity index is 1700. The molecule has 0 aliphatic heterocycles. The molecule has 0 bridgehead atoms. The Morgan fingerprint density at radius 2 is 0.872 bits per heavy atom. The van der Waals surface area contributed by atoms with E-state index in [9.17, 15) is 34.9 Å². The van der Waals surface area contributed by atoms with Crippen molar-refractivity contribution in [3.63, 3.8) is 0 Å². The van der Waals surface area contributed by atoms with Gasteiger partial charge in [0.1, 0.15) is 37.7 Å². The van der Waals surface area contributed by atoms with Gasteiger partial charge in [-0.3, -0.25) is 0 Å². The first kappa shape index (κ1) is 37.6. The molecule has 4 aromatic carbocycles. The van der Waals surface area contributed by atoms with Gasteiger partial charge < -0.3 is 18.9 Å². The molecule has 0 amide bonds. The van der Waals surface area contributed by atoms with Crippen LogP contribution < -0.4 is 14.4 Å². The molecule has 0 unspecified atom stereocenters. The van der Waals surface area contributed by atoms with Gasteiger partial charge in [0.05, 0.1) is 10.9 Å². The molecule has 47 heavy (non-hydrogen) atoms. The summed E-state index contributed by atoms with van der Waals surface area (Å²) in [6.45, 7) is 12.4. The zero-order chi connectivity index (χ0) is 35.5. The molecule has 0 aromatic heterocycles. The van der Waals surface area contributed by atoms with Crippen molar-refractivity contribution in [2.45, 2.75) is 72.3 Å². The highest BCUT2D eigenvalue weighted by Crippen LogP contribution is 2.35. The van der Waals surface area contributed by atoms with Gasteiger partial charge in [-0.2, -0.15) is 0 Å². The van der Waals surface area contributed by atoms with Gasteiger partial charge in [-0.05, 0) is 114 Å². The lowest BCUT2D eigenvalue weighted by Crippen LogP contribution is -2.23. The number of halogens is 5. The van der Waals surface area contributed by atoms with Crippen LogP contribution in [-0.2, 0) is 21.0 Å². The molecule has 0 spiro atoms. The maximum atomic E-state index is 12.6. The molecule has 0 atom stereocenters.